The first kappa shape index (κ1) is 17.2. The summed E-state index contributed by atoms with van der Waals surface area (Å²) in [6.45, 7) is 4.21. The van der Waals surface area contributed by atoms with E-state index in [-0.39, 0.29) is 36.4 Å². The van der Waals surface area contributed by atoms with Crippen molar-refractivity contribution < 1.29 is 29.0 Å². The summed E-state index contributed by atoms with van der Waals surface area (Å²) in [5.41, 5.74) is 0. The molecule has 0 spiro atoms. The van der Waals surface area contributed by atoms with E-state index in [9.17, 15) is 14.4 Å². The number of rotatable bonds is 7. The normalized spacial score (nSPS) is 28.4. The van der Waals surface area contributed by atoms with Crippen LogP contribution < -0.4 is 5.32 Å². The second-order valence-electron chi connectivity index (χ2n) is 4.97. The van der Waals surface area contributed by atoms with Gasteiger partial charge in [-0.2, -0.15) is 0 Å². The summed E-state index contributed by atoms with van der Waals surface area (Å²) >= 11 is 0. The van der Waals surface area contributed by atoms with Crippen LogP contribution in [0.2, 0.25) is 0 Å². The number of ether oxygens (including phenoxy) is 2. The van der Waals surface area contributed by atoms with E-state index >= 15 is 0 Å². The van der Waals surface area contributed by atoms with Gasteiger partial charge in [-0.15, -0.1) is 0 Å². The third kappa shape index (κ3) is 4.56. The van der Waals surface area contributed by atoms with Crippen LogP contribution in [0.4, 0.5) is 0 Å². The number of carboxylic acids is 1. The fraction of sp³-hybridized carbons (Fsp3) is 0.643. The van der Waals surface area contributed by atoms with E-state index in [0.29, 0.717) is 13.1 Å². The van der Waals surface area contributed by atoms with Crippen molar-refractivity contribution in [2.45, 2.75) is 12.8 Å². The number of carbonyl (C=O) groups excluding carboxylic acids is 2. The average molecular weight is 299 g/mol. The second-order valence-corrected chi connectivity index (χ2v) is 4.97. The van der Waals surface area contributed by atoms with Gasteiger partial charge in [0.15, 0.2) is 0 Å². The minimum absolute atomic E-state index is 0.0341. The van der Waals surface area contributed by atoms with Crippen molar-refractivity contribution >= 4 is 18.4 Å². The Morgan fingerprint density at radius 3 is 2.57 bits per heavy atom. The number of hydrogen-bond donors (Lipinski definition) is 2. The maximum Gasteiger partial charge on any atom is 0.310 e. The number of aliphatic carboxylic acids is 1. The molecule has 2 fully saturated rings. The number of carbonyl (C=O) groups is 3. The van der Waals surface area contributed by atoms with Gasteiger partial charge >= 0.3 is 11.9 Å². The molecule has 0 aromatic rings. The summed E-state index contributed by atoms with van der Waals surface area (Å²) in [7, 11) is 1.70. The molecule has 7 nitrogen and oxygen atoms in total. The monoisotopic (exact) mass is 299 g/mol. The van der Waals surface area contributed by atoms with Crippen LogP contribution >= 0.6 is 0 Å². The lowest BCUT2D eigenvalue weighted by Crippen LogP contribution is -2.24. The van der Waals surface area contributed by atoms with Crippen molar-refractivity contribution in [3.05, 3.63) is 12.7 Å². The molecule has 0 radical (unpaired) electrons. The van der Waals surface area contributed by atoms with Crippen LogP contribution in [0.1, 0.15) is 12.8 Å². The highest BCUT2D eigenvalue weighted by Gasteiger charge is 2.63. The molecule has 0 aliphatic heterocycles. The molecule has 0 amide bonds. The van der Waals surface area contributed by atoms with Gasteiger partial charge in [0.25, 0.3) is 6.47 Å². The molecule has 4 atom stereocenters. The smallest absolute Gasteiger partial charge is 0.310 e. The predicted molar refractivity (Wildman–Crippen MR) is 73.1 cm³/mol. The van der Waals surface area contributed by atoms with Gasteiger partial charge in [-0.1, -0.05) is 12.7 Å². The minimum atomic E-state index is -0.767. The van der Waals surface area contributed by atoms with E-state index in [4.69, 9.17) is 9.84 Å². The van der Waals surface area contributed by atoms with Crippen molar-refractivity contribution in [1.82, 2.24) is 5.32 Å². The van der Waals surface area contributed by atoms with Crippen molar-refractivity contribution in [3.8, 4) is 0 Å². The van der Waals surface area contributed by atoms with Gasteiger partial charge in [0.1, 0.15) is 13.3 Å². The molecular formula is C14H21NO6. The number of esters is 1. The molecule has 21 heavy (non-hydrogen) atoms. The summed E-state index contributed by atoms with van der Waals surface area (Å²) in [6.07, 6.45) is 3.14. The molecule has 0 bridgehead atoms. The third-order valence-electron chi connectivity index (χ3n) is 3.73. The van der Waals surface area contributed by atoms with E-state index in [0.717, 1.165) is 12.8 Å². The standard InChI is InChI=1S/C10H15NO4.C4H6O2/c1-11-4-15-10(14)6-3-2-5-7(6)8(5)9(12)13;1-2-3-6-4-5/h5-8,11H,2-4H2,1H3,(H,12,13);2,4H,1,3H2. The van der Waals surface area contributed by atoms with Gasteiger partial charge < -0.3 is 14.6 Å². The lowest BCUT2D eigenvalue weighted by Gasteiger charge is -2.12. The molecule has 0 aromatic carbocycles. The van der Waals surface area contributed by atoms with Gasteiger partial charge in [-0.25, -0.2) is 0 Å². The van der Waals surface area contributed by atoms with Crippen molar-refractivity contribution in [3.63, 3.8) is 0 Å². The highest BCUT2D eigenvalue weighted by molar-refractivity contribution is 5.80. The van der Waals surface area contributed by atoms with Crippen LogP contribution in [0, 0.1) is 23.7 Å². The maximum atomic E-state index is 11.6. The van der Waals surface area contributed by atoms with Crippen LogP contribution in [0.5, 0.6) is 0 Å². The predicted octanol–water partition coefficient (Wildman–Crippen LogP) is 0.409. The average Bonchev–Trinajstić information content (AvgIpc) is 3.04. The quantitative estimate of drug-likeness (QED) is 0.231. The summed E-state index contributed by atoms with van der Waals surface area (Å²) in [5, 5.41) is 11.6. The Bertz CT molecular complexity index is 389. The Labute approximate surface area is 123 Å². The highest BCUT2D eigenvalue weighted by atomic mass is 16.5. The minimum Gasteiger partial charge on any atom is -0.481 e. The molecule has 0 saturated heterocycles. The summed E-state index contributed by atoms with van der Waals surface area (Å²) in [4.78, 5) is 31.6. The SMILES string of the molecule is C=CCOC=O.CNCOC(=O)C1CCC2C(C(=O)O)C12. The Hall–Kier alpha value is -1.89. The summed E-state index contributed by atoms with van der Waals surface area (Å²) < 4.78 is 9.14. The second kappa shape index (κ2) is 8.41. The number of nitrogens with one attached hydrogen (secondary N) is 1. The van der Waals surface area contributed by atoms with Gasteiger partial charge in [0.05, 0.1) is 11.8 Å². The van der Waals surface area contributed by atoms with Crippen LogP contribution in [-0.4, -0.2) is 43.9 Å². The van der Waals surface area contributed by atoms with E-state index in [1.165, 1.54) is 6.08 Å². The fourth-order valence-corrected chi connectivity index (χ4v) is 2.87. The van der Waals surface area contributed by atoms with Crippen LogP contribution in [0.3, 0.4) is 0 Å². The molecule has 2 N–H and O–H groups in total. The molecule has 2 aliphatic rings. The van der Waals surface area contributed by atoms with Gasteiger partial charge in [-0.05, 0) is 31.7 Å². The van der Waals surface area contributed by atoms with E-state index < -0.39 is 5.97 Å². The number of carboxylic acid groups (broad SMARTS) is 1. The number of fused-ring (bicyclic) bond motifs is 1. The Morgan fingerprint density at radius 1 is 1.43 bits per heavy atom. The molecule has 2 rings (SSSR count). The summed E-state index contributed by atoms with van der Waals surface area (Å²) in [6, 6.07) is 0. The van der Waals surface area contributed by atoms with Crippen LogP contribution in [0.25, 0.3) is 0 Å². The van der Waals surface area contributed by atoms with Crippen molar-refractivity contribution in [2.75, 3.05) is 20.4 Å². The zero-order chi connectivity index (χ0) is 15.8. The zero-order valence-corrected chi connectivity index (χ0v) is 12.0. The molecule has 0 heterocycles. The van der Waals surface area contributed by atoms with E-state index in [2.05, 4.69) is 16.6 Å². The Morgan fingerprint density at radius 2 is 2.14 bits per heavy atom. The molecule has 7 heteroatoms. The van der Waals surface area contributed by atoms with Gasteiger partial charge in [-0.3, -0.25) is 19.7 Å². The molecule has 2 aliphatic carbocycles. The van der Waals surface area contributed by atoms with Crippen molar-refractivity contribution in [1.29, 1.82) is 0 Å². The lowest BCUT2D eigenvalue weighted by molar-refractivity contribution is -0.150. The Balaban J connectivity index is 0.000000315. The fourth-order valence-electron chi connectivity index (χ4n) is 2.87. The molecule has 0 aromatic heterocycles. The van der Waals surface area contributed by atoms with Crippen molar-refractivity contribution in [2.24, 2.45) is 23.7 Å². The first-order valence-electron chi connectivity index (χ1n) is 6.78. The largest absolute Gasteiger partial charge is 0.481 e. The molecular weight excluding hydrogens is 278 g/mol. The lowest BCUT2D eigenvalue weighted by atomic mass is 10.0. The Kier molecular flexibility index (Phi) is 6.87. The first-order chi connectivity index (χ1) is 10.1. The number of hydrogen-bond acceptors (Lipinski definition) is 6. The van der Waals surface area contributed by atoms with E-state index in [1.54, 1.807) is 7.05 Å². The van der Waals surface area contributed by atoms with Gasteiger partial charge in [0, 0.05) is 0 Å². The zero-order valence-electron chi connectivity index (χ0n) is 12.0. The topological polar surface area (TPSA) is 102 Å². The third-order valence-corrected chi connectivity index (χ3v) is 3.73. The molecule has 118 valence electrons. The van der Waals surface area contributed by atoms with Crippen LogP contribution in [0.15, 0.2) is 12.7 Å². The highest BCUT2D eigenvalue weighted by Crippen LogP contribution is 2.60. The maximum absolute atomic E-state index is 11.6. The van der Waals surface area contributed by atoms with Gasteiger partial charge in [0.2, 0.25) is 0 Å². The molecule has 2 saturated carbocycles. The van der Waals surface area contributed by atoms with E-state index in [1.807, 2.05) is 0 Å². The first-order valence-corrected chi connectivity index (χ1v) is 6.78. The van der Waals surface area contributed by atoms with Crippen LogP contribution in [-0.2, 0) is 23.9 Å². The molecule has 4 unspecified atom stereocenters. The summed E-state index contributed by atoms with van der Waals surface area (Å²) in [5.74, 6) is -1.26.